The molecule has 0 amide bonds. The van der Waals surface area contributed by atoms with Gasteiger partial charge in [0, 0.05) is 6.54 Å². The van der Waals surface area contributed by atoms with Gasteiger partial charge in [0.15, 0.2) is 0 Å². The SMILES string of the molecule is CNC/C=C/c1ccc(F)cc1C(F)(F)F. The number of nitrogens with one attached hydrogen (secondary N) is 1. The largest absolute Gasteiger partial charge is 0.417 e. The Hall–Kier alpha value is -1.36. The predicted molar refractivity (Wildman–Crippen MR) is 54.4 cm³/mol. The van der Waals surface area contributed by atoms with Gasteiger partial charge in [-0.25, -0.2) is 4.39 Å². The average Bonchev–Trinajstić information content (AvgIpc) is 2.19. The number of hydrogen-bond donors (Lipinski definition) is 1. The second-order valence-electron chi connectivity index (χ2n) is 3.19. The Labute approximate surface area is 90.8 Å². The first kappa shape index (κ1) is 12.7. The first-order valence-electron chi connectivity index (χ1n) is 4.63. The fourth-order valence-corrected chi connectivity index (χ4v) is 1.22. The highest BCUT2D eigenvalue weighted by atomic mass is 19.4. The molecule has 1 rings (SSSR count). The van der Waals surface area contributed by atoms with Crippen LogP contribution in [0.2, 0.25) is 0 Å². The van der Waals surface area contributed by atoms with Gasteiger partial charge in [0.05, 0.1) is 5.56 Å². The summed E-state index contributed by atoms with van der Waals surface area (Å²) < 4.78 is 50.3. The lowest BCUT2D eigenvalue weighted by molar-refractivity contribution is -0.137. The fourth-order valence-electron chi connectivity index (χ4n) is 1.22. The average molecular weight is 233 g/mol. The molecule has 0 aliphatic heterocycles. The molecule has 0 saturated carbocycles. The molecule has 16 heavy (non-hydrogen) atoms. The van der Waals surface area contributed by atoms with Crippen molar-refractivity contribution in [1.82, 2.24) is 5.32 Å². The van der Waals surface area contributed by atoms with Crippen LogP contribution in [-0.4, -0.2) is 13.6 Å². The summed E-state index contributed by atoms with van der Waals surface area (Å²) in [7, 11) is 1.68. The summed E-state index contributed by atoms with van der Waals surface area (Å²) in [6.45, 7) is 0.453. The van der Waals surface area contributed by atoms with E-state index < -0.39 is 17.6 Å². The van der Waals surface area contributed by atoms with Crippen LogP contribution in [-0.2, 0) is 6.18 Å². The molecule has 0 atom stereocenters. The lowest BCUT2D eigenvalue weighted by Crippen LogP contribution is -2.08. The zero-order valence-electron chi connectivity index (χ0n) is 8.61. The van der Waals surface area contributed by atoms with Gasteiger partial charge in [-0.3, -0.25) is 0 Å². The molecule has 0 unspecified atom stereocenters. The van der Waals surface area contributed by atoms with Gasteiger partial charge in [-0.1, -0.05) is 18.2 Å². The molecule has 0 aromatic heterocycles. The Bertz CT molecular complexity index is 382. The summed E-state index contributed by atoms with van der Waals surface area (Å²) in [6, 6.07) is 2.62. The van der Waals surface area contributed by atoms with Gasteiger partial charge in [-0.05, 0) is 24.7 Å². The Morgan fingerprint density at radius 3 is 2.56 bits per heavy atom. The van der Waals surface area contributed by atoms with E-state index in [1.54, 1.807) is 13.1 Å². The van der Waals surface area contributed by atoms with Gasteiger partial charge in [-0.2, -0.15) is 13.2 Å². The third-order valence-corrected chi connectivity index (χ3v) is 1.94. The van der Waals surface area contributed by atoms with Crippen LogP contribution in [0, 0.1) is 5.82 Å². The van der Waals surface area contributed by atoms with E-state index in [9.17, 15) is 17.6 Å². The van der Waals surface area contributed by atoms with E-state index in [2.05, 4.69) is 5.32 Å². The van der Waals surface area contributed by atoms with Crippen LogP contribution >= 0.6 is 0 Å². The highest BCUT2D eigenvalue weighted by Gasteiger charge is 2.33. The van der Waals surface area contributed by atoms with Crippen molar-refractivity contribution in [2.24, 2.45) is 0 Å². The maximum Gasteiger partial charge on any atom is 0.417 e. The Morgan fingerprint density at radius 1 is 1.31 bits per heavy atom. The molecular weight excluding hydrogens is 222 g/mol. The van der Waals surface area contributed by atoms with Gasteiger partial charge in [0.2, 0.25) is 0 Å². The van der Waals surface area contributed by atoms with Gasteiger partial charge in [-0.15, -0.1) is 0 Å². The van der Waals surface area contributed by atoms with Crippen LogP contribution < -0.4 is 5.32 Å². The van der Waals surface area contributed by atoms with E-state index in [0.717, 1.165) is 12.1 Å². The zero-order valence-corrected chi connectivity index (χ0v) is 8.61. The minimum atomic E-state index is -4.54. The summed E-state index contributed by atoms with van der Waals surface area (Å²) in [5, 5.41) is 2.77. The number of halogens is 4. The topological polar surface area (TPSA) is 12.0 Å². The molecule has 0 fully saturated rings. The van der Waals surface area contributed by atoms with E-state index in [-0.39, 0.29) is 5.56 Å². The summed E-state index contributed by atoms with van der Waals surface area (Å²) in [5.41, 5.74) is -0.996. The van der Waals surface area contributed by atoms with Gasteiger partial charge in [0.25, 0.3) is 0 Å². The number of hydrogen-bond acceptors (Lipinski definition) is 1. The Balaban J connectivity index is 3.08. The summed E-state index contributed by atoms with van der Waals surface area (Å²) in [4.78, 5) is 0. The molecule has 0 radical (unpaired) electrons. The fraction of sp³-hybridized carbons (Fsp3) is 0.273. The quantitative estimate of drug-likeness (QED) is 0.791. The van der Waals surface area contributed by atoms with E-state index >= 15 is 0 Å². The van der Waals surface area contributed by atoms with Crippen molar-refractivity contribution < 1.29 is 17.6 Å². The molecular formula is C11H11F4N. The van der Waals surface area contributed by atoms with E-state index in [1.807, 2.05) is 0 Å². The first-order chi connectivity index (χ1) is 7.45. The Morgan fingerprint density at radius 2 is 2.00 bits per heavy atom. The van der Waals surface area contributed by atoms with E-state index in [0.29, 0.717) is 12.6 Å². The van der Waals surface area contributed by atoms with Crippen molar-refractivity contribution in [3.05, 3.63) is 41.2 Å². The third-order valence-electron chi connectivity index (χ3n) is 1.94. The lowest BCUT2D eigenvalue weighted by Gasteiger charge is -2.10. The molecule has 0 heterocycles. The highest BCUT2D eigenvalue weighted by molar-refractivity contribution is 5.54. The van der Waals surface area contributed by atoms with Crippen molar-refractivity contribution in [2.45, 2.75) is 6.18 Å². The van der Waals surface area contributed by atoms with Crippen LogP contribution in [0.5, 0.6) is 0 Å². The first-order valence-corrected chi connectivity index (χ1v) is 4.63. The number of rotatable bonds is 3. The minimum absolute atomic E-state index is 0.0378. The predicted octanol–water partition coefficient (Wildman–Crippen LogP) is 3.08. The maximum atomic E-state index is 12.7. The maximum absolute atomic E-state index is 12.7. The van der Waals surface area contributed by atoms with Crippen LogP contribution in [0.25, 0.3) is 6.08 Å². The molecule has 0 aliphatic carbocycles. The number of likely N-dealkylation sites (N-methyl/N-ethyl adjacent to an activating group) is 1. The van der Waals surface area contributed by atoms with Gasteiger partial charge >= 0.3 is 6.18 Å². The minimum Gasteiger partial charge on any atom is -0.316 e. The summed E-state index contributed by atoms with van der Waals surface area (Å²) >= 11 is 0. The molecule has 0 saturated heterocycles. The van der Waals surface area contributed by atoms with Crippen molar-refractivity contribution in [3.63, 3.8) is 0 Å². The molecule has 88 valence electrons. The van der Waals surface area contributed by atoms with Gasteiger partial charge in [0.1, 0.15) is 5.82 Å². The zero-order chi connectivity index (χ0) is 12.2. The Kier molecular flexibility index (Phi) is 4.06. The van der Waals surface area contributed by atoms with Crippen LogP contribution in [0.15, 0.2) is 24.3 Å². The van der Waals surface area contributed by atoms with Crippen LogP contribution in [0.3, 0.4) is 0 Å². The normalized spacial score (nSPS) is 12.3. The van der Waals surface area contributed by atoms with Crippen molar-refractivity contribution >= 4 is 6.08 Å². The number of benzene rings is 1. The molecule has 0 spiro atoms. The van der Waals surface area contributed by atoms with E-state index in [1.165, 1.54) is 6.08 Å². The highest BCUT2D eigenvalue weighted by Crippen LogP contribution is 2.33. The molecule has 1 nitrogen and oxygen atoms in total. The van der Waals surface area contributed by atoms with E-state index in [4.69, 9.17) is 0 Å². The van der Waals surface area contributed by atoms with Crippen molar-refractivity contribution in [2.75, 3.05) is 13.6 Å². The molecule has 5 heteroatoms. The summed E-state index contributed by atoms with van der Waals surface area (Å²) in [5.74, 6) is -0.891. The standard InChI is InChI=1S/C11H11F4N/c1-16-6-2-3-8-4-5-9(12)7-10(8)11(13,14)15/h2-5,7,16H,6H2,1H3/b3-2+. The summed E-state index contributed by atoms with van der Waals surface area (Å²) in [6.07, 6.45) is -1.68. The van der Waals surface area contributed by atoms with Crippen LogP contribution in [0.4, 0.5) is 17.6 Å². The van der Waals surface area contributed by atoms with Crippen molar-refractivity contribution in [3.8, 4) is 0 Å². The van der Waals surface area contributed by atoms with Gasteiger partial charge < -0.3 is 5.32 Å². The lowest BCUT2D eigenvalue weighted by atomic mass is 10.1. The second-order valence-corrected chi connectivity index (χ2v) is 3.19. The second kappa shape index (κ2) is 5.12. The van der Waals surface area contributed by atoms with Crippen molar-refractivity contribution in [1.29, 1.82) is 0 Å². The molecule has 1 aromatic rings. The molecule has 0 bridgehead atoms. The monoisotopic (exact) mass is 233 g/mol. The molecule has 1 N–H and O–H groups in total. The van der Waals surface area contributed by atoms with Crippen LogP contribution in [0.1, 0.15) is 11.1 Å². The number of alkyl halides is 3. The third kappa shape index (κ3) is 3.34. The molecule has 1 aromatic carbocycles. The smallest absolute Gasteiger partial charge is 0.316 e. The molecule has 0 aliphatic rings.